The summed E-state index contributed by atoms with van der Waals surface area (Å²) in [5, 5.41) is 0. The third kappa shape index (κ3) is 1.45. The maximum absolute atomic E-state index is 4.01. The van der Waals surface area contributed by atoms with E-state index in [4.69, 9.17) is 0 Å². The van der Waals surface area contributed by atoms with Crippen LogP contribution in [0.3, 0.4) is 0 Å². The number of hydrogen-bond donors (Lipinski definition) is 0. The molecule has 1 saturated carbocycles. The van der Waals surface area contributed by atoms with Crippen LogP contribution in [0.25, 0.3) is 11.1 Å². The molecule has 0 N–H and O–H groups in total. The summed E-state index contributed by atoms with van der Waals surface area (Å²) in [7, 11) is 0. The Labute approximate surface area is 123 Å². The van der Waals surface area contributed by atoms with E-state index in [2.05, 4.69) is 64.5 Å². The molecule has 0 nitrogen and oxygen atoms in total. The first-order chi connectivity index (χ1) is 9.34. The molecule has 2 aromatic carbocycles. The minimum absolute atomic E-state index is 0.214. The van der Waals surface area contributed by atoms with Gasteiger partial charge in [0, 0.05) is 10.2 Å². The second-order valence-corrected chi connectivity index (χ2v) is 6.88. The van der Waals surface area contributed by atoms with Gasteiger partial charge in [0.1, 0.15) is 0 Å². The van der Waals surface area contributed by atoms with E-state index in [1.807, 2.05) is 0 Å². The number of halogens is 1. The third-order valence-corrected chi connectivity index (χ3v) is 6.16. The number of alkyl halides is 1. The molecule has 96 valence electrons. The smallest absolute Gasteiger partial charge is 0.0340 e. The average molecular weight is 313 g/mol. The van der Waals surface area contributed by atoms with Crippen molar-refractivity contribution >= 4 is 15.9 Å². The van der Waals surface area contributed by atoms with Gasteiger partial charge in [-0.05, 0) is 35.1 Å². The fourth-order valence-electron chi connectivity index (χ4n) is 4.10. The van der Waals surface area contributed by atoms with E-state index in [-0.39, 0.29) is 5.41 Å². The first kappa shape index (κ1) is 11.7. The summed E-state index contributed by atoms with van der Waals surface area (Å²) in [6, 6.07) is 18.0. The topological polar surface area (TPSA) is 0 Å². The molecule has 1 unspecified atom stereocenters. The highest BCUT2D eigenvalue weighted by molar-refractivity contribution is 9.09. The number of rotatable bonds is 0. The largest absolute Gasteiger partial charge is 0.0877 e. The molecule has 1 atom stereocenters. The molecule has 4 rings (SSSR count). The molecular weight excluding hydrogens is 296 g/mol. The van der Waals surface area contributed by atoms with Crippen LogP contribution in [-0.4, -0.2) is 4.83 Å². The fraction of sp³-hybridized carbons (Fsp3) is 0.333. The van der Waals surface area contributed by atoms with E-state index in [0.717, 1.165) is 0 Å². The second kappa shape index (κ2) is 4.21. The maximum atomic E-state index is 4.01. The Hall–Kier alpha value is -1.08. The molecule has 1 fully saturated rings. The Kier molecular flexibility index (Phi) is 2.60. The predicted molar refractivity (Wildman–Crippen MR) is 83.8 cm³/mol. The van der Waals surface area contributed by atoms with Gasteiger partial charge < -0.3 is 0 Å². The summed E-state index contributed by atoms with van der Waals surface area (Å²) in [6.45, 7) is 0. The minimum Gasteiger partial charge on any atom is -0.0877 e. The molecule has 1 heteroatoms. The summed E-state index contributed by atoms with van der Waals surface area (Å²) in [6.07, 6.45) is 5.24. The van der Waals surface area contributed by atoms with Crippen molar-refractivity contribution in [2.24, 2.45) is 0 Å². The summed E-state index contributed by atoms with van der Waals surface area (Å²) < 4.78 is 0. The van der Waals surface area contributed by atoms with Gasteiger partial charge in [0.15, 0.2) is 0 Å². The summed E-state index contributed by atoms with van der Waals surface area (Å²) in [5.74, 6) is 0. The molecule has 2 aliphatic carbocycles. The van der Waals surface area contributed by atoms with Gasteiger partial charge in [0.2, 0.25) is 0 Å². The zero-order valence-electron chi connectivity index (χ0n) is 10.9. The highest BCUT2D eigenvalue weighted by Crippen LogP contribution is 2.57. The highest BCUT2D eigenvalue weighted by atomic mass is 79.9. The van der Waals surface area contributed by atoms with Crippen molar-refractivity contribution in [3.63, 3.8) is 0 Å². The van der Waals surface area contributed by atoms with Crippen LogP contribution in [0.15, 0.2) is 48.5 Å². The standard InChI is InChI=1S/C18H17Br/c19-17-11-5-6-12-18(17)15-9-3-1-7-13(15)14-8-2-4-10-16(14)18/h1-4,7-10,17H,5-6,11-12H2. The Morgan fingerprint density at radius 1 is 0.842 bits per heavy atom. The molecule has 0 radical (unpaired) electrons. The van der Waals surface area contributed by atoms with Crippen molar-refractivity contribution in [3.8, 4) is 11.1 Å². The van der Waals surface area contributed by atoms with Gasteiger partial charge >= 0.3 is 0 Å². The second-order valence-electron chi connectivity index (χ2n) is 5.78. The normalized spacial score (nSPS) is 23.1. The van der Waals surface area contributed by atoms with Crippen LogP contribution in [0.4, 0.5) is 0 Å². The van der Waals surface area contributed by atoms with E-state index >= 15 is 0 Å². The minimum atomic E-state index is 0.214. The van der Waals surface area contributed by atoms with Crippen molar-refractivity contribution in [3.05, 3.63) is 59.7 Å². The van der Waals surface area contributed by atoms with Crippen LogP contribution in [0.2, 0.25) is 0 Å². The molecule has 0 bridgehead atoms. The lowest BCUT2D eigenvalue weighted by Gasteiger charge is -2.40. The van der Waals surface area contributed by atoms with Gasteiger partial charge in [-0.3, -0.25) is 0 Å². The fourth-order valence-corrected chi connectivity index (χ4v) is 5.14. The van der Waals surface area contributed by atoms with Crippen LogP contribution >= 0.6 is 15.9 Å². The van der Waals surface area contributed by atoms with Crippen molar-refractivity contribution in [1.82, 2.24) is 0 Å². The van der Waals surface area contributed by atoms with E-state index in [1.54, 1.807) is 0 Å². The number of hydrogen-bond acceptors (Lipinski definition) is 0. The average Bonchev–Trinajstić information content (AvgIpc) is 2.75. The Balaban J connectivity index is 2.05. The molecule has 1 spiro atoms. The lowest BCUT2D eigenvalue weighted by molar-refractivity contribution is 0.370. The molecule has 0 heterocycles. The molecule has 0 aromatic heterocycles. The molecule has 0 amide bonds. The summed E-state index contributed by atoms with van der Waals surface area (Å²) in [4.78, 5) is 0.568. The van der Waals surface area contributed by atoms with Gasteiger partial charge in [-0.2, -0.15) is 0 Å². The Bertz CT molecular complexity index is 584. The third-order valence-electron chi connectivity index (χ3n) is 4.92. The van der Waals surface area contributed by atoms with Crippen molar-refractivity contribution in [2.75, 3.05) is 0 Å². The van der Waals surface area contributed by atoms with Gasteiger partial charge in [0.25, 0.3) is 0 Å². The first-order valence-corrected chi connectivity index (χ1v) is 8.09. The summed E-state index contributed by atoms with van der Waals surface area (Å²) in [5.41, 5.74) is 6.19. The monoisotopic (exact) mass is 312 g/mol. The van der Waals surface area contributed by atoms with E-state index in [0.29, 0.717) is 4.83 Å². The van der Waals surface area contributed by atoms with Crippen LogP contribution < -0.4 is 0 Å². The molecule has 2 aliphatic rings. The summed E-state index contributed by atoms with van der Waals surface area (Å²) >= 11 is 4.01. The highest BCUT2D eigenvalue weighted by Gasteiger charge is 2.48. The van der Waals surface area contributed by atoms with Gasteiger partial charge in [0.05, 0.1) is 0 Å². The predicted octanol–water partition coefficient (Wildman–Crippen LogP) is 5.29. The zero-order chi connectivity index (χ0) is 12.9. The van der Waals surface area contributed by atoms with Crippen LogP contribution in [0, 0.1) is 0 Å². The molecule has 2 aromatic rings. The van der Waals surface area contributed by atoms with Crippen molar-refractivity contribution < 1.29 is 0 Å². The molecule has 0 aliphatic heterocycles. The van der Waals surface area contributed by atoms with E-state index in [9.17, 15) is 0 Å². The maximum Gasteiger partial charge on any atom is 0.0340 e. The van der Waals surface area contributed by atoms with Crippen LogP contribution in [0.5, 0.6) is 0 Å². The lowest BCUT2D eigenvalue weighted by atomic mass is 9.68. The Morgan fingerprint density at radius 3 is 2.00 bits per heavy atom. The van der Waals surface area contributed by atoms with E-state index < -0.39 is 0 Å². The van der Waals surface area contributed by atoms with Crippen LogP contribution in [-0.2, 0) is 5.41 Å². The van der Waals surface area contributed by atoms with Gasteiger partial charge in [-0.1, -0.05) is 77.3 Å². The lowest BCUT2D eigenvalue weighted by Crippen LogP contribution is -2.38. The number of fused-ring (bicyclic) bond motifs is 5. The molecule has 0 saturated heterocycles. The van der Waals surface area contributed by atoms with Crippen molar-refractivity contribution in [2.45, 2.75) is 35.9 Å². The first-order valence-electron chi connectivity index (χ1n) is 7.17. The molecular formula is C18H17Br. The van der Waals surface area contributed by atoms with Crippen molar-refractivity contribution in [1.29, 1.82) is 0 Å². The van der Waals surface area contributed by atoms with Gasteiger partial charge in [-0.25, -0.2) is 0 Å². The quantitative estimate of drug-likeness (QED) is 0.580. The molecule has 19 heavy (non-hydrogen) atoms. The Morgan fingerprint density at radius 2 is 1.42 bits per heavy atom. The van der Waals surface area contributed by atoms with Gasteiger partial charge in [-0.15, -0.1) is 0 Å². The SMILES string of the molecule is BrC1CCCCC12c1ccccc1-c1ccccc12. The van der Waals surface area contributed by atoms with E-state index in [1.165, 1.54) is 47.9 Å². The zero-order valence-corrected chi connectivity index (χ0v) is 12.5. The number of benzene rings is 2. The van der Waals surface area contributed by atoms with Crippen LogP contribution in [0.1, 0.15) is 36.8 Å².